The van der Waals surface area contributed by atoms with E-state index in [0.717, 1.165) is 29.9 Å². The standard InChI is InChI=1S/C60H48BN3S/c1-34-27-51(35-15-9-8-10-16-35)63(7)52-32-54-49(30-42(34)52)61-57-40(25-26-41-45-29-46-39-18-12-14-20-55(39)65-56(46)33-53(45)64(54)58(41)57)44-28-43-38-17-11-13-19-47(38)60(5,6)48(43)31-50(44)62-37-23-21-36(22-24-37)59(2,3)4/h8-33,61-62H,1H2,2-7H3. The van der Waals surface area contributed by atoms with Gasteiger partial charge in [-0.2, -0.15) is 0 Å². The van der Waals surface area contributed by atoms with Crippen LogP contribution in [-0.4, -0.2) is 18.9 Å². The van der Waals surface area contributed by atoms with Crippen LogP contribution in [0.5, 0.6) is 0 Å². The Bertz CT molecular complexity index is 3740. The number of anilines is 3. The number of benzene rings is 8. The first kappa shape index (κ1) is 38.4. The van der Waals surface area contributed by atoms with Crippen LogP contribution >= 0.6 is 11.3 Å². The molecule has 1 aliphatic carbocycles. The number of aromatic nitrogens is 1. The molecule has 0 unspecified atom stereocenters. The van der Waals surface area contributed by atoms with E-state index < -0.39 is 0 Å². The fourth-order valence-corrected chi connectivity index (χ4v) is 12.5. The Morgan fingerprint density at radius 2 is 1.38 bits per heavy atom. The Hall–Kier alpha value is -7.08. The van der Waals surface area contributed by atoms with Gasteiger partial charge in [-0.1, -0.05) is 150 Å². The molecule has 8 aromatic carbocycles. The van der Waals surface area contributed by atoms with Crippen LogP contribution in [0.15, 0.2) is 164 Å². The first-order valence-corrected chi connectivity index (χ1v) is 23.7. The summed E-state index contributed by atoms with van der Waals surface area (Å²) in [6.45, 7) is 16.3. The Morgan fingerprint density at radius 1 is 0.615 bits per heavy atom. The highest BCUT2D eigenvalue weighted by molar-refractivity contribution is 7.25. The lowest BCUT2D eigenvalue weighted by atomic mass is 9.58. The van der Waals surface area contributed by atoms with Crippen molar-refractivity contribution >= 4 is 99.9 Å². The second-order valence-corrected chi connectivity index (χ2v) is 21.1. The minimum atomic E-state index is -0.138. The van der Waals surface area contributed by atoms with Crippen molar-refractivity contribution in [3.05, 3.63) is 192 Å². The van der Waals surface area contributed by atoms with E-state index in [1.165, 1.54) is 114 Å². The number of nitrogens with one attached hydrogen (secondary N) is 1. The highest BCUT2D eigenvalue weighted by Crippen LogP contribution is 2.52. The molecule has 0 amide bonds. The monoisotopic (exact) mass is 853 g/mol. The van der Waals surface area contributed by atoms with Crippen LogP contribution in [-0.2, 0) is 10.8 Å². The maximum Gasteiger partial charge on any atom is 0.198 e. The topological polar surface area (TPSA) is 20.2 Å². The van der Waals surface area contributed by atoms with Crippen LogP contribution < -0.4 is 21.1 Å². The highest BCUT2D eigenvalue weighted by atomic mass is 32.1. The third-order valence-corrected chi connectivity index (χ3v) is 16.0. The van der Waals surface area contributed by atoms with Gasteiger partial charge in [0, 0.05) is 82.8 Å². The second-order valence-electron chi connectivity index (χ2n) is 20.0. The van der Waals surface area contributed by atoms with Gasteiger partial charge >= 0.3 is 0 Å². The number of thiophene rings is 1. The van der Waals surface area contributed by atoms with Crippen molar-refractivity contribution in [1.82, 2.24) is 4.57 Å². The fraction of sp³-hybridized carbons (Fsp3) is 0.133. The normalized spacial score (nSPS) is 14.6. The molecule has 312 valence electrons. The van der Waals surface area contributed by atoms with E-state index in [1.807, 2.05) is 11.3 Å². The van der Waals surface area contributed by atoms with Crippen LogP contribution in [0.1, 0.15) is 62.4 Å². The summed E-state index contributed by atoms with van der Waals surface area (Å²) in [6.07, 6.45) is 2.25. The average Bonchev–Trinajstić information content (AvgIpc) is 3.91. The largest absolute Gasteiger partial charge is 0.355 e. The predicted molar refractivity (Wildman–Crippen MR) is 283 cm³/mol. The van der Waals surface area contributed by atoms with Crippen LogP contribution in [0.25, 0.3) is 81.2 Å². The molecule has 4 heterocycles. The Morgan fingerprint density at radius 3 is 2.20 bits per heavy atom. The summed E-state index contributed by atoms with van der Waals surface area (Å²) in [7, 11) is 3.00. The zero-order chi connectivity index (χ0) is 44.1. The Balaban J connectivity index is 1.08. The van der Waals surface area contributed by atoms with Crippen molar-refractivity contribution in [3.63, 3.8) is 0 Å². The first-order chi connectivity index (χ1) is 31.4. The van der Waals surface area contributed by atoms with Gasteiger partial charge in [-0.05, 0) is 110 Å². The van der Waals surface area contributed by atoms with E-state index in [0.29, 0.717) is 0 Å². The minimum absolute atomic E-state index is 0.0730. The summed E-state index contributed by atoms with van der Waals surface area (Å²) >= 11 is 1.89. The molecule has 0 fully saturated rings. The van der Waals surface area contributed by atoms with Gasteiger partial charge in [0.25, 0.3) is 0 Å². The molecule has 0 saturated carbocycles. The van der Waals surface area contributed by atoms with E-state index >= 15 is 0 Å². The molecule has 0 spiro atoms. The van der Waals surface area contributed by atoms with E-state index in [2.05, 4.69) is 221 Å². The summed E-state index contributed by atoms with van der Waals surface area (Å²) in [5.41, 5.74) is 23.5. The van der Waals surface area contributed by atoms with E-state index in [4.69, 9.17) is 0 Å². The summed E-state index contributed by atoms with van der Waals surface area (Å²) in [4.78, 5) is 2.36. The van der Waals surface area contributed by atoms with E-state index in [1.54, 1.807) is 0 Å². The summed E-state index contributed by atoms with van der Waals surface area (Å²) < 4.78 is 5.24. The highest BCUT2D eigenvalue weighted by Gasteiger charge is 2.37. The fourth-order valence-electron chi connectivity index (χ4n) is 11.4. The van der Waals surface area contributed by atoms with Crippen molar-refractivity contribution in [2.75, 3.05) is 17.3 Å². The lowest BCUT2D eigenvalue weighted by Crippen LogP contribution is -2.38. The van der Waals surface area contributed by atoms with Crippen LogP contribution in [0.3, 0.4) is 0 Å². The average molecular weight is 854 g/mol. The molecular formula is C60H48BN3S. The smallest absolute Gasteiger partial charge is 0.198 e. The van der Waals surface area contributed by atoms with Crippen molar-refractivity contribution in [1.29, 1.82) is 0 Å². The van der Waals surface area contributed by atoms with Gasteiger partial charge in [0.15, 0.2) is 7.28 Å². The zero-order valence-corrected chi connectivity index (χ0v) is 38.5. The summed E-state index contributed by atoms with van der Waals surface area (Å²) in [6, 6.07) is 57.2. The van der Waals surface area contributed by atoms with Crippen molar-refractivity contribution in [2.24, 2.45) is 0 Å². The molecule has 5 heteroatoms. The van der Waals surface area contributed by atoms with Gasteiger partial charge in [0.05, 0.1) is 11.2 Å². The third-order valence-electron chi connectivity index (χ3n) is 14.8. The molecule has 2 aromatic heterocycles. The van der Waals surface area contributed by atoms with E-state index in [-0.39, 0.29) is 10.8 Å². The van der Waals surface area contributed by atoms with Gasteiger partial charge in [0.2, 0.25) is 0 Å². The SMILES string of the molecule is C=C1C=C(c2ccccc2)N(C)c2cc3c(cc21)Bc1c(-c2cc4c(cc2Nc2ccc(C(C)(C)C)cc2)C(C)(C)c2ccccc2-4)ccc2c4cc5c(cc4n-3c12)sc1ccccc15. The van der Waals surface area contributed by atoms with Gasteiger partial charge in [-0.3, -0.25) is 0 Å². The predicted octanol–water partition coefficient (Wildman–Crippen LogP) is 14.4. The van der Waals surface area contributed by atoms with Crippen molar-refractivity contribution < 1.29 is 0 Å². The maximum absolute atomic E-state index is 4.67. The van der Waals surface area contributed by atoms with Gasteiger partial charge < -0.3 is 14.8 Å². The molecule has 13 rings (SSSR count). The first-order valence-electron chi connectivity index (χ1n) is 22.9. The number of fused-ring (bicyclic) bond motifs is 12. The Labute approximate surface area is 385 Å². The van der Waals surface area contributed by atoms with Crippen molar-refractivity contribution in [2.45, 2.75) is 45.4 Å². The minimum Gasteiger partial charge on any atom is -0.355 e. The van der Waals surface area contributed by atoms with Crippen LogP contribution in [0.2, 0.25) is 0 Å². The molecule has 0 radical (unpaired) electrons. The summed E-state index contributed by atoms with van der Waals surface area (Å²) in [5.74, 6) is 0. The number of nitrogens with zero attached hydrogens (tertiary/aromatic N) is 2. The van der Waals surface area contributed by atoms with Gasteiger partial charge in [-0.15, -0.1) is 11.3 Å². The molecule has 2 aliphatic heterocycles. The molecule has 1 N–H and O–H groups in total. The van der Waals surface area contributed by atoms with Gasteiger partial charge in [-0.25, -0.2) is 0 Å². The molecule has 65 heavy (non-hydrogen) atoms. The van der Waals surface area contributed by atoms with Crippen LogP contribution in [0, 0.1) is 0 Å². The Kier molecular flexibility index (Phi) is 7.96. The molecule has 0 bridgehead atoms. The third kappa shape index (κ3) is 5.55. The maximum atomic E-state index is 4.67. The molecule has 3 nitrogen and oxygen atoms in total. The lowest BCUT2D eigenvalue weighted by molar-refractivity contribution is 0.590. The van der Waals surface area contributed by atoms with E-state index in [9.17, 15) is 0 Å². The number of allylic oxidation sites excluding steroid dienone is 2. The molecule has 0 saturated heterocycles. The lowest BCUT2D eigenvalue weighted by Gasteiger charge is -2.33. The summed E-state index contributed by atoms with van der Waals surface area (Å²) in [5, 5.41) is 9.23. The molecule has 0 atom stereocenters. The second kappa shape index (κ2) is 13.5. The van der Waals surface area contributed by atoms with Gasteiger partial charge in [0.1, 0.15) is 0 Å². The zero-order valence-electron chi connectivity index (χ0n) is 37.7. The quantitative estimate of drug-likeness (QED) is 0.178. The van der Waals surface area contributed by atoms with Crippen LogP contribution in [0.4, 0.5) is 17.1 Å². The molecule has 3 aliphatic rings. The number of hydrogen-bond donors (Lipinski definition) is 1. The number of rotatable bonds is 4. The number of hydrogen-bond acceptors (Lipinski definition) is 3. The van der Waals surface area contributed by atoms with Crippen molar-refractivity contribution in [3.8, 4) is 27.9 Å². The molecule has 10 aromatic rings. The molecular weight excluding hydrogens is 806 g/mol.